The maximum atomic E-state index is 12.4. The fourth-order valence-electron chi connectivity index (χ4n) is 3.22. The molecular weight excluding hydrogens is 324 g/mol. The van der Waals surface area contributed by atoms with E-state index in [1.807, 2.05) is 20.8 Å². The molecule has 6 heteroatoms. The van der Waals surface area contributed by atoms with Crippen LogP contribution in [0.2, 0.25) is 0 Å². The summed E-state index contributed by atoms with van der Waals surface area (Å²) in [7, 11) is 1.37. The molecule has 2 heterocycles. The van der Waals surface area contributed by atoms with Gasteiger partial charge in [-0.15, -0.1) is 11.3 Å². The molecule has 0 unspecified atom stereocenters. The molecule has 0 atom stereocenters. The summed E-state index contributed by atoms with van der Waals surface area (Å²) < 4.78 is 5.00. The summed E-state index contributed by atoms with van der Waals surface area (Å²) in [6.07, 6.45) is 0.706. The van der Waals surface area contributed by atoms with Crippen molar-refractivity contribution in [1.29, 1.82) is 0 Å². The predicted molar refractivity (Wildman–Crippen MR) is 97.7 cm³/mol. The summed E-state index contributed by atoms with van der Waals surface area (Å²) in [5.74, 6) is -0.513. The van der Waals surface area contributed by atoms with E-state index in [9.17, 15) is 9.59 Å². The molecule has 2 rings (SSSR count). The zero-order chi connectivity index (χ0) is 18.5. The number of anilines is 1. The van der Waals surface area contributed by atoms with Gasteiger partial charge in [-0.3, -0.25) is 4.79 Å². The molecule has 1 aromatic heterocycles. The number of ether oxygens (including phenoxy) is 1. The highest BCUT2D eigenvalue weighted by molar-refractivity contribution is 7.17. The largest absolute Gasteiger partial charge is 0.465 e. The molecule has 0 saturated heterocycles. The van der Waals surface area contributed by atoms with Crippen LogP contribution in [0.5, 0.6) is 0 Å². The second-order valence-corrected chi connectivity index (χ2v) is 9.64. The number of esters is 1. The first-order valence-electron chi connectivity index (χ1n) is 8.14. The van der Waals surface area contributed by atoms with Gasteiger partial charge >= 0.3 is 5.97 Å². The number of amides is 1. The fourth-order valence-corrected chi connectivity index (χ4v) is 4.48. The van der Waals surface area contributed by atoms with Crippen LogP contribution in [0.1, 0.15) is 69.3 Å². The van der Waals surface area contributed by atoms with Crippen molar-refractivity contribution in [1.82, 2.24) is 5.32 Å². The number of thiophene rings is 1. The first-order chi connectivity index (χ1) is 10.8. The third-order valence-corrected chi connectivity index (χ3v) is 5.61. The molecule has 0 aliphatic carbocycles. The zero-order valence-corrected chi connectivity index (χ0v) is 16.7. The highest BCUT2D eigenvalue weighted by Gasteiger charge is 2.42. The number of hydrogen-bond donors (Lipinski definition) is 2. The molecule has 0 radical (unpaired) electrons. The molecule has 0 saturated carbocycles. The monoisotopic (exact) mass is 352 g/mol. The number of carbonyl (C=O) groups excluding carboxylic acids is 2. The van der Waals surface area contributed by atoms with Gasteiger partial charge in [-0.05, 0) is 39.7 Å². The van der Waals surface area contributed by atoms with Crippen LogP contribution in [0.25, 0.3) is 0 Å². The Morgan fingerprint density at radius 1 is 1.21 bits per heavy atom. The molecule has 1 aromatic rings. The number of nitrogens with one attached hydrogen (secondary N) is 2. The van der Waals surface area contributed by atoms with Gasteiger partial charge in [0.15, 0.2) is 0 Å². The van der Waals surface area contributed by atoms with Crippen molar-refractivity contribution in [3.05, 3.63) is 16.0 Å². The number of rotatable bonds is 2. The van der Waals surface area contributed by atoms with Crippen LogP contribution < -0.4 is 10.6 Å². The molecule has 5 nitrogen and oxygen atoms in total. The summed E-state index contributed by atoms with van der Waals surface area (Å²) in [4.78, 5) is 25.9. The van der Waals surface area contributed by atoms with Gasteiger partial charge in [-0.2, -0.15) is 0 Å². The Balaban J connectivity index is 2.60. The lowest BCUT2D eigenvalue weighted by Crippen LogP contribution is -2.55. The zero-order valence-electron chi connectivity index (χ0n) is 15.8. The molecule has 24 heavy (non-hydrogen) atoms. The number of carbonyl (C=O) groups is 2. The summed E-state index contributed by atoms with van der Waals surface area (Å²) >= 11 is 1.46. The van der Waals surface area contributed by atoms with E-state index in [1.165, 1.54) is 18.4 Å². The maximum Gasteiger partial charge on any atom is 0.341 e. The van der Waals surface area contributed by atoms with Crippen LogP contribution in [0.3, 0.4) is 0 Å². The van der Waals surface area contributed by atoms with Crippen molar-refractivity contribution in [3.63, 3.8) is 0 Å². The summed E-state index contributed by atoms with van der Waals surface area (Å²) in [6, 6.07) is 0. The molecule has 1 aliphatic heterocycles. The lowest BCUT2D eigenvalue weighted by Gasteiger charge is -2.42. The van der Waals surface area contributed by atoms with Crippen molar-refractivity contribution >= 4 is 28.2 Å². The smallest absolute Gasteiger partial charge is 0.341 e. The standard InChI is InChI=1S/C18H28N2O3S/c1-16(2,3)15(22)19-13-11(14(21)23-8)10-9-17(4,5)20-18(6,7)12(10)24-13/h20H,9H2,1-8H3,(H,19,22). The Morgan fingerprint density at radius 3 is 2.29 bits per heavy atom. The van der Waals surface area contributed by atoms with Crippen molar-refractivity contribution in [2.75, 3.05) is 12.4 Å². The summed E-state index contributed by atoms with van der Waals surface area (Å²) in [5, 5.41) is 7.14. The predicted octanol–water partition coefficient (Wildman–Crippen LogP) is 3.68. The van der Waals surface area contributed by atoms with Crippen LogP contribution in [-0.2, 0) is 21.5 Å². The lowest BCUT2D eigenvalue weighted by molar-refractivity contribution is -0.123. The third kappa shape index (κ3) is 3.49. The quantitative estimate of drug-likeness (QED) is 0.797. The molecular formula is C18H28N2O3S. The second kappa shape index (κ2) is 5.85. The summed E-state index contributed by atoms with van der Waals surface area (Å²) in [6.45, 7) is 14.0. The van der Waals surface area contributed by atoms with Gasteiger partial charge in [0.1, 0.15) is 5.00 Å². The van der Waals surface area contributed by atoms with Gasteiger partial charge in [-0.1, -0.05) is 20.8 Å². The minimum absolute atomic E-state index is 0.115. The van der Waals surface area contributed by atoms with Crippen molar-refractivity contribution in [3.8, 4) is 0 Å². The topological polar surface area (TPSA) is 67.4 Å². The van der Waals surface area contributed by atoms with Crippen molar-refractivity contribution in [2.24, 2.45) is 5.41 Å². The number of methoxy groups -OCH3 is 1. The Labute approximate surface area is 148 Å². The SMILES string of the molecule is COC(=O)c1c(NC(=O)C(C)(C)C)sc2c1CC(C)(C)NC2(C)C. The van der Waals surface area contributed by atoms with Crippen LogP contribution >= 0.6 is 11.3 Å². The molecule has 2 N–H and O–H groups in total. The Morgan fingerprint density at radius 2 is 1.79 bits per heavy atom. The Hall–Kier alpha value is -1.40. The van der Waals surface area contributed by atoms with Gasteiger partial charge in [0, 0.05) is 21.4 Å². The van der Waals surface area contributed by atoms with Crippen LogP contribution in [0, 0.1) is 5.41 Å². The molecule has 0 bridgehead atoms. The van der Waals surface area contributed by atoms with Gasteiger partial charge in [0.2, 0.25) is 5.91 Å². The van der Waals surface area contributed by atoms with E-state index in [0.717, 1.165) is 10.4 Å². The molecule has 1 aliphatic rings. The first kappa shape index (κ1) is 18.9. The Kier molecular flexibility index (Phi) is 4.61. The average molecular weight is 353 g/mol. The molecule has 1 amide bonds. The van der Waals surface area contributed by atoms with Crippen molar-refractivity contribution < 1.29 is 14.3 Å². The molecule has 0 spiro atoms. The minimum atomic E-state index is -0.537. The molecule has 0 aromatic carbocycles. The highest BCUT2D eigenvalue weighted by Crippen LogP contribution is 2.45. The van der Waals surface area contributed by atoms with Gasteiger partial charge in [0.25, 0.3) is 0 Å². The second-order valence-electron chi connectivity index (χ2n) is 8.62. The number of hydrogen-bond acceptors (Lipinski definition) is 5. The normalized spacial score (nSPS) is 18.7. The van der Waals surface area contributed by atoms with Crippen LogP contribution in [-0.4, -0.2) is 24.5 Å². The van der Waals surface area contributed by atoms with Gasteiger partial charge in [-0.25, -0.2) is 4.79 Å². The first-order valence-corrected chi connectivity index (χ1v) is 8.95. The highest BCUT2D eigenvalue weighted by atomic mass is 32.1. The van der Waals surface area contributed by atoms with Gasteiger partial charge < -0.3 is 15.4 Å². The van der Waals surface area contributed by atoms with Crippen LogP contribution in [0.4, 0.5) is 5.00 Å². The molecule has 134 valence electrons. The Bertz CT molecular complexity index is 681. The van der Waals surface area contributed by atoms with E-state index >= 15 is 0 Å². The van der Waals surface area contributed by atoms with E-state index in [-0.39, 0.29) is 17.0 Å². The van der Waals surface area contributed by atoms with E-state index in [4.69, 9.17) is 4.74 Å². The molecule has 0 fully saturated rings. The average Bonchev–Trinajstić information content (AvgIpc) is 2.73. The summed E-state index contributed by atoms with van der Waals surface area (Å²) in [5.41, 5.74) is 0.508. The van der Waals surface area contributed by atoms with E-state index in [2.05, 4.69) is 38.3 Å². The maximum absolute atomic E-state index is 12.4. The van der Waals surface area contributed by atoms with E-state index in [0.29, 0.717) is 17.0 Å². The van der Waals surface area contributed by atoms with E-state index < -0.39 is 11.4 Å². The van der Waals surface area contributed by atoms with Crippen LogP contribution in [0.15, 0.2) is 0 Å². The van der Waals surface area contributed by atoms with E-state index in [1.54, 1.807) is 0 Å². The third-order valence-electron chi connectivity index (χ3n) is 4.14. The fraction of sp³-hybridized carbons (Fsp3) is 0.667. The lowest BCUT2D eigenvalue weighted by atomic mass is 9.81. The van der Waals surface area contributed by atoms with Gasteiger partial charge in [0.05, 0.1) is 12.7 Å². The minimum Gasteiger partial charge on any atom is -0.465 e. The van der Waals surface area contributed by atoms with Crippen molar-refractivity contribution in [2.45, 2.75) is 66.0 Å². The number of fused-ring (bicyclic) bond motifs is 1.